The number of nitrogens with one attached hydrogen (secondary N) is 1. The van der Waals surface area contributed by atoms with E-state index in [1.807, 2.05) is 16.7 Å². The Labute approximate surface area is 117 Å². The van der Waals surface area contributed by atoms with E-state index in [9.17, 15) is 0 Å². The van der Waals surface area contributed by atoms with Crippen LogP contribution in [0.1, 0.15) is 25.3 Å². The Morgan fingerprint density at radius 3 is 3.00 bits per heavy atom. The number of ether oxygens (including phenoxy) is 1. The molecule has 1 aromatic heterocycles. The first-order valence-corrected chi connectivity index (χ1v) is 6.88. The largest absolute Gasteiger partial charge is 0.380 e. The Morgan fingerprint density at radius 1 is 1.42 bits per heavy atom. The Hall–Kier alpha value is -1.64. The van der Waals surface area contributed by atoms with Gasteiger partial charge in [0.1, 0.15) is 6.07 Å². The van der Waals surface area contributed by atoms with Gasteiger partial charge >= 0.3 is 0 Å². The molecule has 0 fully saturated rings. The first-order chi connectivity index (χ1) is 9.27. The average Bonchev–Trinajstić information content (AvgIpc) is 2.74. The van der Waals surface area contributed by atoms with Crippen molar-refractivity contribution in [1.29, 1.82) is 5.26 Å². The monoisotopic (exact) mass is 275 g/mol. The first-order valence-electron chi connectivity index (χ1n) is 6.47. The number of para-hydroxylation sites is 1. The third kappa shape index (κ3) is 3.03. The quantitative estimate of drug-likeness (QED) is 0.649. The van der Waals surface area contributed by atoms with Crippen molar-refractivity contribution in [1.82, 2.24) is 9.55 Å². The molecule has 0 saturated carbocycles. The standard InChI is InChI=1S/C14H17N3OS/c1-2-3-8-18-9-7-17-12-6-4-5-11(10-15)13(12)16-14(17)19/h4-6H,2-3,7-9H2,1H3,(H,16,19). The normalized spacial score (nSPS) is 10.7. The topological polar surface area (TPSA) is 53.7 Å². The first kappa shape index (κ1) is 13.8. The summed E-state index contributed by atoms with van der Waals surface area (Å²) in [6, 6.07) is 7.80. The highest BCUT2D eigenvalue weighted by molar-refractivity contribution is 7.71. The summed E-state index contributed by atoms with van der Waals surface area (Å²) in [5.74, 6) is 0. The summed E-state index contributed by atoms with van der Waals surface area (Å²) < 4.78 is 8.18. The maximum Gasteiger partial charge on any atom is 0.178 e. The zero-order chi connectivity index (χ0) is 13.7. The Kier molecular flexibility index (Phi) is 4.72. The molecule has 100 valence electrons. The number of H-pyrrole nitrogens is 1. The summed E-state index contributed by atoms with van der Waals surface area (Å²) in [7, 11) is 0. The smallest absolute Gasteiger partial charge is 0.178 e. The number of nitrogens with zero attached hydrogens (tertiary/aromatic N) is 2. The lowest BCUT2D eigenvalue weighted by molar-refractivity contribution is 0.124. The Bertz CT molecular complexity index is 651. The number of hydrogen-bond acceptors (Lipinski definition) is 3. The SMILES string of the molecule is CCCCOCCn1c(=S)[nH]c2c(C#N)cccc21. The van der Waals surface area contributed by atoms with Gasteiger partial charge in [-0.25, -0.2) is 0 Å². The van der Waals surface area contributed by atoms with Crippen molar-refractivity contribution >= 4 is 23.3 Å². The van der Waals surface area contributed by atoms with Crippen molar-refractivity contribution in [2.75, 3.05) is 13.2 Å². The van der Waals surface area contributed by atoms with Crippen LogP contribution in [-0.2, 0) is 11.3 Å². The summed E-state index contributed by atoms with van der Waals surface area (Å²) in [6.07, 6.45) is 2.22. The van der Waals surface area contributed by atoms with E-state index in [0.29, 0.717) is 23.5 Å². The van der Waals surface area contributed by atoms with E-state index in [-0.39, 0.29) is 0 Å². The highest BCUT2D eigenvalue weighted by Gasteiger charge is 2.07. The number of benzene rings is 1. The lowest BCUT2D eigenvalue weighted by Gasteiger charge is -2.05. The van der Waals surface area contributed by atoms with Crippen LogP contribution in [0.5, 0.6) is 0 Å². The molecule has 2 rings (SSSR count). The minimum Gasteiger partial charge on any atom is -0.380 e. The van der Waals surface area contributed by atoms with E-state index in [0.717, 1.165) is 30.5 Å². The van der Waals surface area contributed by atoms with Gasteiger partial charge in [0, 0.05) is 13.2 Å². The van der Waals surface area contributed by atoms with E-state index in [1.54, 1.807) is 6.07 Å². The third-order valence-corrected chi connectivity index (χ3v) is 3.35. The molecule has 4 nitrogen and oxygen atoms in total. The predicted octanol–water partition coefficient (Wildman–Crippen LogP) is 3.39. The van der Waals surface area contributed by atoms with Crippen molar-refractivity contribution in [3.8, 4) is 6.07 Å². The van der Waals surface area contributed by atoms with E-state index < -0.39 is 0 Å². The molecule has 0 aliphatic carbocycles. The molecule has 1 aromatic carbocycles. The third-order valence-electron chi connectivity index (χ3n) is 3.03. The number of imidazole rings is 1. The molecular formula is C14H17N3OS. The van der Waals surface area contributed by atoms with Crippen LogP contribution < -0.4 is 0 Å². The lowest BCUT2D eigenvalue weighted by atomic mass is 10.2. The number of nitriles is 1. The number of hydrogen-bond donors (Lipinski definition) is 1. The Morgan fingerprint density at radius 2 is 2.26 bits per heavy atom. The van der Waals surface area contributed by atoms with E-state index in [2.05, 4.69) is 18.0 Å². The van der Waals surface area contributed by atoms with Gasteiger partial charge < -0.3 is 14.3 Å². The second-order valence-electron chi connectivity index (χ2n) is 4.36. The van der Waals surface area contributed by atoms with E-state index >= 15 is 0 Å². The second kappa shape index (κ2) is 6.50. The molecule has 0 radical (unpaired) electrons. The second-order valence-corrected chi connectivity index (χ2v) is 4.75. The zero-order valence-electron chi connectivity index (χ0n) is 11.0. The number of rotatable bonds is 6. The molecule has 0 aliphatic rings. The molecule has 0 spiro atoms. The molecule has 0 saturated heterocycles. The van der Waals surface area contributed by atoms with Crippen LogP contribution in [0, 0.1) is 16.1 Å². The molecule has 1 N–H and O–H groups in total. The maximum atomic E-state index is 9.07. The summed E-state index contributed by atoms with van der Waals surface area (Å²) in [5.41, 5.74) is 2.39. The molecule has 0 bridgehead atoms. The van der Waals surface area contributed by atoms with Gasteiger partial charge in [-0.15, -0.1) is 0 Å². The van der Waals surface area contributed by atoms with Gasteiger partial charge in [-0.2, -0.15) is 5.26 Å². The van der Waals surface area contributed by atoms with Crippen LogP contribution in [0.15, 0.2) is 18.2 Å². The maximum absolute atomic E-state index is 9.07. The fraction of sp³-hybridized carbons (Fsp3) is 0.429. The highest BCUT2D eigenvalue weighted by Crippen LogP contribution is 2.17. The predicted molar refractivity (Wildman–Crippen MR) is 77.6 cm³/mol. The average molecular weight is 275 g/mol. The number of aromatic nitrogens is 2. The number of aromatic amines is 1. The number of unbranched alkanes of at least 4 members (excludes halogenated alkanes) is 1. The molecule has 0 amide bonds. The summed E-state index contributed by atoms with van der Waals surface area (Å²) in [6.45, 7) is 4.27. The number of fused-ring (bicyclic) bond motifs is 1. The van der Waals surface area contributed by atoms with Crippen molar-refractivity contribution in [3.05, 3.63) is 28.5 Å². The lowest BCUT2D eigenvalue weighted by Crippen LogP contribution is -2.06. The van der Waals surface area contributed by atoms with Crippen molar-refractivity contribution < 1.29 is 4.74 Å². The summed E-state index contributed by atoms with van der Waals surface area (Å²) in [5, 5.41) is 9.07. The molecule has 0 atom stereocenters. The van der Waals surface area contributed by atoms with Crippen LogP contribution in [0.2, 0.25) is 0 Å². The summed E-state index contributed by atoms with van der Waals surface area (Å²) >= 11 is 5.30. The molecule has 19 heavy (non-hydrogen) atoms. The van der Waals surface area contributed by atoms with Gasteiger partial charge in [0.25, 0.3) is 0 Å². The van der Waals surface area contributed by atoms with Gasteiger partial charge in [-0.05, 0) is 30.8 Å². The van der Waals surface area contributed by atoms with E-state index in [4.69, 9.17) is 22.2 Å². The van der Waals surface area contributed by atoms with Gasteiger partial charge in [0.05, 0.1) is 23.2 Å². The van der Waals surface area contributed by atoms with Gasteiger partial charge in [-0.1, -0.05) is 19.4 Å². The van der Waals surface area contributed by atoms with Crippen LogP contribution in [0.4, 0.5) is 0 Å². The summed E-state index contributed by atoms with van der Waals surface area (Å²) in [4.78, 5) is 3.10. The van der Waals surface area contributed by atoms with Crippen molar-refractivity contribution in [3.63, 3.8) is 0 Å². The van der Waals surface area contributed by atoms with Gasteiger partial charge in [-0.3, -0.25) is 0 Å². The molecule has 1 heterocycles. The van der Waals surface area contributed by atoms with Crippen molar-refractivity contribution in [2.45, 2.75) is 26.3 Å². The molecule has 0 aliphatic heterocycles. The van der Waals surface area contributed by atoms with E-state index in [1.165, 1.54) is 0 Å². The fourth-order valence-electron chi connectivity index (χ4n) is 2.00. The molecule has 5 heteroatoms. The van der Waals surface area contributed by atoms with Crippen LogP contribution in [0.3, 0.4) is 0 Å². The zero-order valence-corrected chi connectivity index (χ0v) is 11.8. The van der Waals surface area contributed by atoms with Crippen LogP contribution >= 0.6 is 12.2 Å². The minimum atomic E-state index is 0.620. The molecular weight excluding hydrogens is 258 g/mol. The van der Waals surface area contributed by atoms with Crippen LogP contribution in [0.25, 0.3) is 11.0 Å². The van der Waals surface area contributed by atoms with Crippen molar-refractivity contribution in [2.24, 2.45) is 0 Å². The van der Waals surface area contributed by atoms with Crippen LogP contribution in [-0.4, -0.2) is 22.8 Å². The fourth-order valence-corrected chi connectivity index (χ4v) is 2.29. The highest BCUT2D eigenvalue weighted by atomic mass is 32.1. The minimum absolute atomic E-state index is 0.620. The van der Waals surface area contributed by atoms with Gasteiger partial charge in [0.15, 0.2) is 4.77 Å². The molecule has 2 aromatic rings. The Balaban J connectivity index is 2.17. The molecule has 0 unspecified atom stereocenters. The van der Waals surface area contributed by atoms with Gasteiger partial charge in [0.2, 0.25) is 0 Å².